The van der Waals surface area contributed by atoms with Gasteiger partial charge in [0.05, 0.1) is 22.7 Å². The van der Waals surface area contributed by atoms with Crippen LogP contribution in [0.3, 0.4) is 0 Å². The largest absolute Gasteiger partial charge is 0.397 e. The third-order valence-corrected chi connectivity index (χ3v) is 4.50. The first-order chi connectivity index (χ1) is 10.2. The Labute approximate surface area is 132 Å². The summed E-state index contributed by atoms with van der Waals surface area (Å²) in [6.45, 7) is 0.661. The summed E-state index contributed by atoms with van der Waals surface area (Å²) in [6.07, 6.45) is 1.59. The summed E-state index contributed by atoms with van der Waals surface area (Å²) in [6, 6.07) is 13.7. The van der Waals surface area contributed by atoms with Crippen molar-refractivity contribution in [3.8, 4) is 0 Å². The van der Waals surface area contributed by atoms with E-state index in [1.165, 1.54) is 16.7 Å². The number of nitrogens with zero attached hydrogens (tertiary/aromatic N) is 1. The van der Waals surface area contributed by atoms with Crippen molar-refractivity contribution >= 4 is 35.1 Å². The molecule has 0 radical (unpaired) electrons. The lowest BCUT2D eigenvalue weighted by atomic mass is 10.4. The van der Waals surface area contributed by atoms with Crippen LogP contribution in [0.25, 0.3) is 0 Å². The van der Waals surface area contributed by atoms with Crippen LogP contribution in [0.1, 0.15) is 0 Å². The smallest absolute Gasteiger partial charge is 0.230 e. The maximum atomic E-state index is 11.7. The van der Waals surface area contributed by atoms with Gasteiger partial charge in [-0.25, -0.2) is 4.98 Å². The summed E-state index contributed by atoms with van der Waals surface area (Å²) in [5, 5.41) is 3.71. The Morgan fingerprint density at radius 1 is 1.14 bits per heavy atom. The summed E-state index contributed by atoms with van der Waals surface area (Å²) in [7, 11) is 0. The number of nitrogen functional groups attached to an aromatic ring is 1. The van der Waals surface area contributed by atoms with Crippen molar-refractivity contribution < 1.29 is 4.79 Å². The van der Waals surface area contributed by atoms with Gasteiger partial charge < -0.3 is 11.1 Å². The van der Waals surface area contributed by atoms with Gasteiger partial charge in [0.25, 0.3) is 0 Å². The maximum absolute atomic E-state index is 11.7. The first kappa shape index (κ1) is 15.7. The van der Waals surface area contributed by atoms with Crippen LogP contribution in [0.15, 0.2) is 58.6 Å². The highest BCUT2D eigenvalue weighted by molar-refractivity contribution is 8.00. The van der Waals surface area contributed by atoms with Crippen molar-refractivity contribution in [1.29, 1.82) is 0 Å². The molecule has 0 fully saturated rings. The SMILES string of the molecule is Nc1ccc(SCC(=O)NCCSc2ccccc2)nc1. The Bertz CT molecular complexity index is 561. The lowest BCUT2D eigenvalue weighted by Gasteiger charge is -2.05. The number of hydrogen-bond donors (Lipinski definition) is 2. The zero-order chi connectivity index (χ0) is 14.9. The fourth-order valence-corrected chi connectivity index (χ4v) is 3.01. The topological polar surface area (TPSA) is 68.0 Å². The molecule has 2 rings (SSSR count). The molecule has 0 bridgehead atoms. The van der Waals surface area contributed by atoms with Gasteiger partial charge in [-0.05, 0) is 24.3 Å². The first-order valence-corrected chi connectivity index (χ1v) is 8.50. The first-order valence-electron chi connectivity index (χ1n) is 6.53. The molecule has 0 aliphatic carbocycles. The van der Waals surface area contributed by atoms with Crippen LogP contribution in [0.2, 0.25) is 0 Å². The van der Waals surface area contributed by atoms with Crippen molar-refractivity contribution in [3.63, 3.8) is 0 Å². The Morgan fingerprint density at radius 3 is 2.67 bits per heavy atom. The van der Waals surface area contributed by atoms with Gasteiger partial charge in [-0.2, -0.15) is 0 Å². The monoisotopic (exact) mass is 319 g/mol. The van der Waals surface area contributed by atoms with Crippen molar-refractivity contribution in [2.24, 2.45) is 0 Å². The standard InChI is InChI=1S/C15H17N3OS2/c16-12-6-7-15(18-10-12)21-11-14(19)17-8-9-20-13-4-2-1-3-5-13/h1-7,10H,8-9,11,16H2,(H,17,19). The van der Waals surface area contributed by atoms with Gasteiger partial charge in [0.15, 0.2) is 0 Å². The Balaban J connectivity index is 1.60. The number of amides is 1. The molecule has 0 atom stereocenters. The van der Waals surface area contributed by atoms with Crippen LogP contribution in [-0.4, -0.2) is 28.9 Å². The fraction of sp³-hybridized carbons (Fsp3) is 0.200. The molecule has 2 aromatic rings. The van der Waals surface area contributed by atoms with Crippen LogP contribution in [0.4, 0.5) is 5.69 Å². The molecule has 0 spiro atoms. The van der Waals surface area contributed by atoms with Crippen molar-refractivity contribution in [2.75, 3.05) is 23.8 Å². The molecule has 0 aliphatic rings. The summed E-state index contributed by atoms with van der Waals surface area (Å²) < 4.78 is 0. The van der Waals surface area contributed by atoms with Crippen molar-refractivity contribution in [3.05, 3.63) is 48.7 Å². The summed E-state index contributed by atoms with van der Waals surface area (Å²) in [5.41, 5.74) is 6.18. The summed E-state index contributed by atoms with van der Waals surface area (Å²) in [4.78, 5) is 17.1. The van der Waals surface area contributed by atoms with Gasteiger partial charge in [0, 0.05) is 17.2 Å². The molecule has 0 saturated heterocycles. The van der Waals surface area contributed by atoms with Gasteiger partial charge in [0.1, 0.15) is 0 Å². The fourth-order valence-electron chi connectivity index (χ4n) is 1.54. The molecule has 1 amide bonds. The number of pyridine rings is 1. The van der Waals surface area contributed by atoms with Gasteiger partial charge in [-0.15, -0.1) is 11.8 Å². The molecule has 0 unspecified atom stereocenters. The van der Waals surface area contributed by atoms with E-state index in [9.17, 15) is 4.79 Å². The number of anilines is 1. The summed E-state index contributed by atoms with van der Waals surface area (Å²) in [5.74, 6) is 1.25. The number of nitrogens with one attached hydrogen (secondary N) is 1. The molecule has 110 valence electrons. The normalized spacial score (nSPS) is 10.3. The molecule has 1 aromatic heterocycles. The molecule has 6 heteroatoms. The van der Waals surface area contributed by atoms with Crippen LogP contribution >= 0.6 is 23.5 Å². The highest BCUT2D eigenvalue weighted by Gasteiger charge is 2.03. The zero-order valence-electron chi connectivity index (χ0n) is 11.5. The van der Waals surface area contributed by atoms with Crippen LogP contribution < -0.4 is 11.1 Å². The molecule has 1 heterocycles. The minimum atomic E-state index is 0.0206. The third-order valence-electron chi connectivity index (χ3n) is 2.55. The van der Waals surface area contributed by atoms with E-state index >= 15 is 0 Å². The quantitative estimate of drug-likeness (QED) is 0.606. The second-order valence-corrected chi connectivity index (χ2v) is 6.39. The summed E-state index contributed by atoms with van der Waals surface area (Å²) >= 11 is 3.14. The number of benzene rings is 1. The number of carbonyl (C=O) groups excluding carboxylic acids is 1. The predicted molar refractivity (Wildman–Crippen MR) is 89.5 cm³/mol. The number of carbonyl (C=O) groups is 1. The lowest BCUT2D eigenvalue weighted by Crippen LogP contribution is -2.27. The van der Waals surface area contributed by atoms with Gasteiger partial charge in [-0.3, -0.25) is 4.79 Å². The van der Waals surface area contributed by atoms with E-state index in [-0.39, 0.29) is 5.91 Å². The minimum Gasteiger partial charge on any atom is -0.397 e. The average molecular weight is 319 g/mol. The number of aromatic nitrogens is 1. The van der Waals surface area contributed by atoms with Gasteiger partial charge in [-0.1, -0.05) is 30.0 Å². The molecule has 3 N–H and O–H groups in total. The van der Waals surface area contributed by atoms with Crippen molar-refractivity contribution in [2.45, 2.75) is 9.92 Å². The molecule has 0 aliphatic heterocycles. The molecule has 1 aromatic carbocycles. The van der Waals surface area contributed by atoms with E-state index in [4.69, 9.17) is 5.73 Å². The van der Waals surface area contributed by atoms with Crippen LogP contribution in [0.5, 0.6) is 0 Å². The highest BCUT2D eigenvalue weighted by Crippen LogP contribution is 2.16. The Kier molecular flexibility index (Phi) is 6.43. The number of nitrogens with two attached hydrogens (primary N) is 1. The van der Waals surface area contributed by atoms with Gasteiger partial charge in [0.2, 0.25) is 5.91 Å². The van der Waals surface area contributed by atoms with E-state index in [1.54, 1.807) is 24.0 Å². The highest BCUT2D eigenvalue weighted by atomic mass is 32.2. The molecule has 0 saturated carbocycles. The lowest BCUT2D eigenvalue weighted by molar-refractivity contribution is -0.118. The third kappa shape index (κ3) is 6.10. The Hall–Kier alpha value is -1.66. The van der Waals surface area contributed by atoms with Gasteiger partial charge >= 0.3 is 0 Å². The van der Waals surface area contributed by atoms with E-state index in [0.717, 1.165) is 10.8 Å². The van der Waals surface area contributed by atoms with Crippen LogP contribution in [0, 0.1) is 0 Å². The predicted octanol–water partition coefficient (Wildman–Crippen LogP) is 2.66. The number of rotatable bonds is 7. The number of hydrogen-bond acceptors (Lipinski definition) is 5. The molecular formula is C15H17N3OS2. The van der Waals surface area contributed by atoms with E-state index in [2.05, 4.69) is 22.4 Å². The molecule has 21 heavy (non-hydrogen) atoms. The molecule has 4 nitrogen and oxygen atoms in total. The number of thioether (sulfide) groups is 2. The van der Waals surface area contributed by atoms with E-state index in [1.807, 2.05) is 24.3 Å². The Morgan fingerprint density at radius 2 is 1.95 bits per heavy atom. The van der Waals surface area contributed by atoms with Crippen LogP contribution in [-0.2, 0) is 4.79 Å². The maximum Gasteiger partial charge on any atom is 0.230 e. The van der Waals surface area contributed by atoms with E-state index < -0.39 is 0 Å². The molecular weight excluding hydrogens is 302 g/mol. The zero-order valence-corrected chi connectivity index (χ0v) is 13.1. The van der Waals surface area contributed by atoms with E-state index in [0.29, 0.717) is 18.0 Å². The average Bonchev–Trinajstić information content (AvgIpc) is 2.52. The second kappa shape index (κ2) is 8.59. The second-order valence-electron chi connectivity index (χ2n) is 4.23. The minimum absolute atomic E-state index is 0.0206. The van der Waals surface area contributed by atoms with Crippen molar-refractivity contribution in [1.82, 2.24) is 10.3 Å².